The third-order valence-corrected chi connectivity index (χ3v) is 4.85. The van der Waals surface area contributed by atoms with Crippen LogP contribution in [0.15, 0.2) is 12.3 Å². The van der Waals surface area contributed by atoms with Gasteiger partial charge in [-0.15, -0.1) is 0 Å². The van der Waals surface area contributed by atoms with Crippen LogP contribution in [0, 0.1) is 0 Å². The van der Waals surface area contributed by atoms with Gasteiger partial charge in [0.05, 0.1) is 6.26 Å². The summed E-state index contributed by atoms with van der Waals surface area (Å²) in [4.78, 5) is 22.3. The van der Waals surface area contributed by atoms with Crippen molar-refractivity contribution in [1.29, 1.82) is 0 Å². The molecule has 170 valence electrons. The molecule has 0 aromatic heterocycles. The summed E-state index contributed by atoms with van der Waals surface area (Å²) in [7, 11) is 0. The van der Waals surface area contributed by atoms with E-state index in [1.54, 1.807) is 6.08 Å². The van der Waals surface area contributed by atoms with Gasteiger partial charge in [0.2, 0.25) is 12.0 Å². The molecule has 0 saturated carbocycles. The van der Waals surface area contributed by atoms with Gasteiger partial charge in [0.1, 0.15) is 12.2 Å². The maximum absolute atomic E-state index is 11.4. The highest BCUT2D eigenvalue weighted by molar-refractivity contribution is 5.81. The van der Waals surface area contributed by atoms with Crippen LogP contribution >= 0.6 is 0 Å². The van der Waals surface area contributed by atoms with Gasteiger partial charge in [-0.3, -0.25) is 9.59 Å². The Hall–Kier alpha value is -1.64. The minimum absolute atomic E-state index is 0.741. The number of rotatable bonds is 19. The van der Waals surface area contributed by atoms with E-state index in [4.69, 9.17) is 16.2 Å². The first-order valence-corrected chi connectivity index (χ1v) is 10.8. The van der Waals surface area contributed by atoms with E-state index in [0.29, 0.717) is 0 Å². The van der Waals surface area contributed by atoms with Crippen molar-refractivity contribution in [2.24, 2.45) is 11.5 Å². The normalized spacial score (nSPS) is 15.7. The minimum Gasteiger partial charge on any atom is -0.486 e. The average molecular weight is 417 g/mol. The summed E-state index contributed by atoms with van der Waals surface area (Å²) in [6, 6.07) is 0. The molecule has 0 spiro atoms. The molecule has 0 aromatic rings. The van der Waals surface area contributed by atoms with Gasteiger partial charge in [0.15, 0.2) is 6.10 Å². The fourth-order valence-corrected chi connectivity index (χ4v) is 2.98. The van der Waals surface area contributed by atoms with E-state index in [1.807, 2.05) is 0 Å². The first-order chi connectivity index (χ1) is 13.8. The fraction of sp³-hybridized carbons (Fsp3) is 0.810. The quantitative estimate of drug-likeness (QED) is 0.159. The molecule has 7 N–H and O–H groups in total. The molecule has 0 aliphatic rings. The molecule has 0 bridgehead atoms. The lowest BCUT2D eigenvalue weighted by Crippen LogP contribution is -2.53. The van der Waals surface area contributed by atoms with E-state index in [1.165, 1.54) is 64.0 Å². The van der Waals surface area contributed by atoms with Crippen molar-refractivity contribution in [2.45, 2.75) is 108 Å². The van der Waals surface area contributed by atoms with Crippen molar-refractivity contribution in [3.05, 3.63) is 12.3 Å². The molecular weight excluding hydrogens is 376 g/mol. The Bertz CT molecular complexity index is 472. The third-order valence-electron chi connectivity index (χ3n) is 4.85. The van der Waals surface area contributed by atoms with Crippen molar-refractivity contribution in [1.82, 2.24) is 0 Å². The Labute approximate surface area is 174 Å². The zero-order valence-electron chi connectivity index (χ0n) is 17.7. The molecule has 29 heavy (non-hydrogen) atoms. The van der Waals surface area contributed by atoms with Crippen LogP contribution in [0.2, 0.25) is 0 Å². The Kier molecular flexibility index (Phi) is 16.3. The molecule has 8 heteroatoms. The molecule has 0 radical (unpaired) electrons. The number of carbonyl (C=O) groups excluding carboxylic acids is 2. The topological polar surface area (TPSA) is 156 Å². The van der Waals surface area contributed by atoms with Crippen LogP contribution in [0.25, 0.3) is 0 Å². The molecule has 8 nitrogen and oxygen atoms in total. The number of ether oxygens (including phenoxy) is 1. The monoisotopic (exact) mass is 416 g/mol. The minimum atomic E-state index is -2.03. The Morgan fingerprint density at radius 1 is 0.793 bits per heavy atom. The van der Waals surface area contributed by atoms with E-state index in [0.717, 1.165) is 19.3 Å². The second-order valence-corrected chi connectivity index (χ2v) is 7.48. The number of aliphatic hydroxyl groups excluding tert-OH is 3. The number of hydrogen-bond donors (Lipinski definition) is 5. The number of allylic oxidation sites excluding steroid dienone is 1. The van der Waals surface area contributed by atoms with E-state index >= 15 is 0 Å². The predicted octanol–water partition coefficient (Wildman–Crippen LogP) is 1.64. The maximum atomic E-state index is 11.4. The first-order valence-electron chi connectivity index (χ1n) is 10.8. The summed E-state index contributed by atoms with van der Waals surface area (Å²) in [5, 5.41) is 29.0. The van der Waals surface area contributed by atoms with Crippen molar-refractivity contribution < 1.29 is 29.6 Å². The number of amides is 2. The lowest BCUT2D eigenvalue weighted by Gasteiger charge is -2.25. The molecule has 4 atom stereocenters. The number of nitrogens with two attached hydrogens (primary N) is 2. The van der Waals surface area contributed by atoms with Crippen LogP contribution in [0.3, 0.4) is 0 Å². The third kappa shape index (κ3) is 13.2. The highest BCUT2D eigenvalue weighted by Crippen LogP contribution is 2.13. The second kappa shape index (κ2) is 17.2. The second-order valence-electron chi connectivity index (χ2n) is 7.48. The predicted molar refractivity (Wildman–Crippen MR) is 112 cm³/mol. The van der Waals surface area contributed by atoms with Gasteiger partial charge in [0.25, 0.3) is 5.91 Å². The summed E-state index contributed by atoms with van der Waals surface area (Å²) >= 11 is 0. The molecule has 2 amide bonds. The molecule has 0 unspecified atom stereocenters. The summed E-state index contributed by atoms with van der Waals surface area (Å²) in [5.74, 6) is -2.26. The average Bonchev–Trinajstić information content (AvgIpc) is 2.69. The summed E-state index contributed by atoms with van der Waals surface area (Å²) in [6.07, 6.45) is 9.91. The van der Waals surface area contributed by atoms with Gasteiger partial charge in [-0.05, 0) is 18.9 Å². The lowest BCUT2D eigenvalue weighted by atomic mass is 10.0. The molecule has 0 fully saturated rings. The van der Waals surface area contributed by atoms with Gasteiger partial charge >= 0.3 is 0 Å². The molecule has 0 aliphatic carbocycles. The number of aliphatic hydroxyl groups is 3. The molecule has 0 rings (SSSR count). The standard InChI is InChI=1S/C21H40N2O6/c1-2-3-4-5-6-7-8-9-10-11-12-13-14-15-29-19(21(23)28)17(25)16(24)18(26)20(22)27/h14-19,24-26H,2-13H2,1H3,(H2,22,27)(H2,23,28)/b15-14+/t16-,17-,18-,19+/m0/s1. The Morgan fingerprint density at radius 3 is 1.72 bits per heavy atom. The number of unbranched alkanes of at least 4 members (excludes halogenated alkanes) is 11. The SMILES string of the molecule is CCCCCCCCCCCCC/C=C/O[C@@H](C(N)=O)[C@@H](O)[C@H](O)[C@H](O)C(N)=O. The number of primary amides is 2. The van der Waals surface area contributed by atoms with E-state index < -0.39 is 36.2 Å². The number of carbonyl (C=O) groups is 2. The number of hydrogen-bond acceptors (Lipinski definition) is 6. The lowest BCUT2D eigenvalue weighted by molar-refractivity contribution is -0.152. The van der Waals surface area contributed by atoms with E-state index in [-0.39, 0.29) is 0 Å². The van der Waals surface area contributed by atoms with E-state index in [2.05, 4.69) is 6.92 Å². The highest BCUT2D eigenvalue weighted by Gasteiger charge is 2.37. The van der Waals surface area contributed by atoms with Gasteiger partial charge in [0, 0.05) is 0 Å². The highest BCUT2D eigenvalue weighted by atomic mass is 16.5. The van der Waals surface area contributed by atoms with Crippen LogP contribution in [-0.4, -0.2) is 51.5 Å². The smallest absolute Gasteiger partial charge is 0.261 e. The molecule has 0 heterocycles. The van der Waals surface area contributed by atoms with Crippen LogP contribution in [-0.2, 0) is 14.3 Å². The summed E-state index contributed by atoms with van der Waals surface area (Å²) < 4.78 is 5.09. The fourth-order valence-electron chi connectivity index (χ4n) is 2.98. The van der Waals surface area contributed by atoms with Crippen molar-refractivity contribution in [3.8, 4) is 0 Å². The van der Waals surface area contributed by atoms with Gasteiger partial charge in [-0.25, -0.2) is 0 Å². The molecular formula is C21H40N2O6. The van der Waals surface area contributed by atoms with Gasteiger partial charge in [-0.2, -0.15) is 0 Å². The van der Waals surface area contributed by atoms with Crippen LogP contribution in [0.4, 0.5) is 0 Å². The van der Waals surface area contributed by atoms with Crippen LogP contribution < -0.4 is 11.5 Å². The first kappa shape index (κ1) is 27.4. The van der Waals surface area contributed by atoms with E-state index in [9.17, 15) is 24.9 Å². The Balaban J connectivity index is 3.92. The maximum Gasteiger partial charge on any atom is 0.261 e. The summed E-state index contributed by atoms with van der Waals surface area (Å²) in [6.45, 7) is 2.23. The molecule has 0 aliphatic heterocycles. The zero-order valence-corrected chi connectivity index (χ0v) is 17.7. The van der Waals surface area contributed by atoms with Crippen molar-refractivity contribution in [3.63, 3.8) is 0 Å². The van der Waals surface area contributed by atoms with Crippen molar-refractivity contribution in [2.75, 3.05) is 0 Å². The zero-order chi connectivity index (χ0) is 22.1. The van der Waals surface area contributed by atoms with Crippen LogP contribution in [0.5, 0.6) is 0 Å². The molecule has 0 aromatic carbocycles. The Morgan fingerprint density at radius 2 is 1.28 bits per heavy atom. The largest absolute Gasteiger partial charge is 0.486 e. The van der Waals surface area contributed by atoms with Gasteiger partial charge < -0.3 is 31.5 Å². The molecule has 0 saturated heterocycles. The van der Waals surface area contributed by atoms with Crippen molar-refractivity contribution >= 4 is 11.8 Å². The van der Waals surface area contributed by atoms with Crippen LogP contribution in [0.1, 0.15) is 84.0 Å². The van der Waals surface area contributed by atoms with Gasteiger partial charge in [-0.1, -0.05) is 71.1 Å². The summed E-state index contributed by atoms with van der Waals surface area (Å²) in [5.41, 5.74) is 9.99.